The van der Waals surface area contributed by atoms with Crippen LogP contribution in [-0.2, 0) is 23.1 Å². The topological polar surface area (TPSA) is 62.3 Å². The SMILES string of the molecule is CCc1nc(CCNS(=O)(=O)N2CCCC2)cs1. The number of rotatable bonds is 6. The van der Waals surface area contributed by atoms with Crippen LogP contribution in [0, 0.1) is 0 Å². The monoisotopic (exact) mass is 289 g/mol. The van der Waals surface area contributed by atoms with Crippen LogP contribution in [-0.4, -0.2) is 37.3 Å². The van der Waals surface area contributed by atoms with Crippen molar-refractivity contribution in [2.45, 2.75) is 32.6 Å². The molecule has 0 spiro atoms. The molecular weight excluding hydrogens is 270 g/mol. The number of aryl methyl sites for hydroxylation is 1. The molecule has 1 saturated heterocycles. The van der Waals surface area contributed by atoms with Crippen molar-refractivity contribution in [3.8, 4) is 0 Å². The highest BCUT2D eigenvalue weighted by molar-refractivity contribution is 7.87. The molecule has 1 aliphatic rings. The molecule has 1 aliphatic heterocycles. The maximum absolute atomic E-state index is 11.9. The summed E-state index contributed by atoms with van der Waals surface area (Å²) in [6.45, 7) is 3.78. The number of aromatic nitrogens is 1. The molecule has 5 nitrogen and oxygen atoms in total. The minimum absolute atomic E-state index is 0.422. The molecule has 0 radical (unpaired) electrons. The van der Waals surface area contributed by atoms with Crippen LogP contribution in [0.5, 0.6) is 0 Å². The molecule has 102 valence electrons. The summed E-state index contributed by atoms with van der Waals surface area (Å²) in [7, 11) is -3.27. The van der Waals surface area contributed by atoms with E-state index in [1.54, 1.807) is 11.3 Å². The fourth-order valence-corrected chi connectivity index (χ4v) is 4.01. The standard InChI is InChI=1S/C11H19N3O2S2/c1-2-11-13-10(9-17-11)5-6-12-18(15,16)14-7-3-4-8-14/h9,12H,2-8H2,1H3. The number of thiazole rings is 1. The van der Waals surface area contributed by atoms with Gasteiger partial charge in [-0.3, -0.25) is 0 Å². The van der Waals surface area contributed by atoms with Gasteiger partial charge in [0.05, 0.1) is 10.7 Å². The van der Waals surface area contributed by atoms with Crippen LogP contribution in [0.2, 0.25) is 0 Å². The molecule has 0 saturated carbocycles. The lowest BCUT2D eigenvalue weighted by molar-refractivity contribution is 0.465. The van der Waals surface area contributed by atoms with Crippen LogP contribution < -0.4 is 4.72 Å². The minimum atomic E-state index is -3.27. The van der Waals surface area contributed by atoms with Crippen molar-refractivity contribution in [3.05, 3.63) is 16.1 Å². The second kappa shape index (κ2) is 6.10. The molecule has 0 unspecified atom stereocenters. The number of hydrogen-bond donors (Lipinski definition) is 1. The molecule has 0 amide bonds. The van der Waals surface area contributed by atoms with Crippen LogP contribution in [0.3, 0.4) is 0 Å². The number of hydrogen-bond acceptors (Lipinski definition) is 4. The molecule has 2 heterocycles. The first-order valence-electron chi connectivity index (χ1n) is 6.30. The lowest BCUT2D eigenvalue weighted by Gasteiger charge is -2.15. The zero-order chi connectivity index (χ0) is 13.0. The second-order valence-corrected chi connectivity index (χ2v) is 7.04. The fraction of sp³-hybridized carbons (Fsp3) is 0.727. The lowest BCUT2D eigenvalue weighted by Crippen LogP contribution is -2.39. The van der Waals surface area contributed by atoms with Crippen LogP contribution >= 0.6 is 11.3 Å². The van der Waals surface area contributed by atoms with Gasteiger partial charge in [-0.1, -0.05) is 6.92 Å². The highest BCUT2D eigenvalue weighted by Gasteiger charge is 2.24. The van der Waals surface area contributed by atoms with Crippen molar-refractivity contribution in [1.82, 2.24) is 14.0 Å². The molecule has 1 fully saturated rings. The van der Waals surface area contributed by atoms with E-state index in [1.165, 1.54) is 4.31 Å². The third-order valence-electron chi connectivity index (χ3n) is 2.97. The second-order valence-electron chi connectivity index (χ2n) is 4.34. The molecular formula is C11H19N3O2S2. The van der Waals surface area contributed by atoms with Crippen LogP contribution in [0.15, 0.2) is 5.38 Å². The summed E-state index contributed by atoms with van der Waals surface area (Å²) < 4.78 is 27.9. The summed E-state index contributed by atoms with van der Waals surface area (Å²) in [6.07, 6.45) is 3.52. The van der Waals surface area contributed by atoms with Crippen molar-refractivity contribution in [2.24, 2.45) is 0 Å². The Morgan fingerprint density at radius 1 is 1.44 bits per heavy atom. The van der Waals surface area contributed by atoms with E-state index in [4.69, 9.17) is 0 Å². The minimum Gasteiger partial charge on any atom is -0.246 e. The molecule has 7 heteroatoms. The van der Waals surface area contributed by atoms with Gasteiger partial charge in [0.1, 0.15) is 0 Å². The van der Waals surface area contributed by atoms with E-state index in [-0.39, 0.29) is 0 Å². The van der Waals surface area contributed by atoms with Gasteiger partial charge in [-0.25, -0.2) is 9.71 Å². The summed E-state index contributed by atoms with van der Waals surface area (Å²) in [5.41, 5.74) is 0.973. The highest BCUT2D eigenvalue weighted by atomic mass is 32.2. The van der Waals surface area contributed by atoms with Crippen molar-refractivity contribution >= 4 is 21.5 Å². The average molecular weight is 289 g/mol. The van der Waals surface area contributed by atoms with Gasteiger partial charge < -0.3 is 0 Å². The first-order valence-corrected chi connectivity index (χ1v) is 8.62. The molecule has 0 atom stereocenters. The molecule has 0 aromatic carbocycles. The Morgan fingerprint density at radius 2 is 2.17 bits per heavy atom. The summed E-state index contributed by atoms with van der Waals surface area (Å²) in [6, 6.07) is 0. The number of nitrogens with one attached hydrogen (secondary N) is 1. The first-order chi connectivity index (χ1) is 8.62. The Kier molecular flexibility index (Phi) is 4.71. The molecule has 1 aromatic rings. The van der Waals surface area contributed by atoms with Gasteiger partial charge in [-0.15, -0.1) is 11.3 Å². The summed E-state index contributed by atoms with van der Waals surface area (Å²) in [5, 5.41) is 3.11. The van der Waals surface area contributed by atoms with Gasteiger partial charge in [0.25, 0.3) is 10.2 Å². The molecule has 18 heavy (non-hydrogen) atoms. The summed E-state index contributed by atoms with van der Waals surface area (Å²) >= 11 is 1.63. The van der Waals surface area contributed by atoms with Crippen molar-refractivity contribution < 1.29 is 8.42 Å². The van der Waals surface area contributed by atoms with Gasteiger partial charge in [0.15, 0.2) is 0 Å². The Balaban J connectivity index is 1.80. The van der Waals surface area contributed by atoms with Gasteiger partial charge in [0.2, 0.25) is 0 Å². The third-order valence-corrected chi connectivity index (χ3v) is 5.63. The summed E-state index contributed by atoms with van der Waals surface area (Å²) in [4.78, 5) is 4.42. The quantitative estimate of drug-likeness (QED) is 0.855. The van der Waals surface area contributed by atoms with E-state index in [2.05, 4.69) is 16.6 Å². The van der Waals surface area contributed by atoms with Gasteiger partial charge in [-0.2, -0.15) is 12.7 Å². The zero-order valence-electron chi connectivity index (χ0n) is 10.6. The maximum atomic E-state index is 11.9. The smallest absolute Gasteiger partial charge is 0.246 e. The van der Waals surface area contributed by atoms with Crippen LogP contribution in [0.25, 0.3) is 0 Å². The Labute approximate surface area is 112 Å². The zero-order valence-corrected chi connectivity index (χ0v) is 12.2. The fourth-order valence-electron chi connectivity index (χ4n) is 1.95. The van der Waals surface area contributed by atoms with E-state index < -0.39 is 10.2 Å². The normalized spacial score (nSPS) is 17.4. The third kappa shape index (κ3) is 3.50. The first kappa shape index (κ1) is 13.9. The highest BCUT2D eigenvalue weighted by Crippen LogP contribution is 2.12. The maximum Gasteiger partial charge on any atom is 0.279 e. The van der Waals surface area contributed by atoms with E-state index >= 15 is 0 Å². The van der Waals surface area contributed by atoms with Crippen molar-refractivity contribution in [2.75, 3.05) is 19.6 Å². The van der Waals surface area contributed by atoms with Crippen LogP contribution in [0.4, 0.5) is 0 Å². The Hall–Kier alpha value is -0.500. The molecule has 1 N–H and O–H groups in total. The van der Waals surface area contributed by atoms with E-state index in [9.17, 15) is 8.42 Å². The number of nitrogens with zero attached hydrogens (tertiary/aromatic N) is 2. The molecule has 0 aliphatic carbocycles. The molecule has 0 bridgehead atoms. The van der Waals surface area contributed by atoms with Crippen molar-refractivity contribution in [3.63, 3.8) is 0 Å². The van der Waals surface area contributed by atoms with Crippen molar-refractivity contribution in [1.29, 1.82) is 0 Å². The molecule has 1 aromatic heterocycles. The van der Waals surface area contributed by atoms with E-state index in [0.717, 1.165) is 30.0 Å². The lowest BCUT2D eigenvalue weighted by atomic mass is 10.3. The average Bonchev–Trinajstić information content (AvgIpc) is 3.00. The Bertz CT molecular complexity index is 478. The van der Waals surface area contributed by atoms with Crippen LogP contribution in [0.1, 0.15) is 30.5 Å². The largest absolute Gasteiger partial charge is 0.279 e. The predicted molar refractivity (Wildman–Crippen MR) is 72.9 cm³/mol. The van der Waals surface area contributed by atoms with E-state index in [0.29, 0.717) is 26.1 Å². The molecule has 2 rings (SSSR count). The Morgan fingerprint density at radius 3 is 2.78 bits per heavy atom. The van der Waals surface area contributed by atoms with E-state index in [1.807, 2.05) is 5.38 Å². The van der Waals surface area contributed by atoms with Gasteiger partial charge in [0, 0.05) is 31.4 Å². The summed E-state index contributed by atoms with van der Waals surface area (Å²) in [5.74, 6) is 0. The van der Waals surface area contributed by atoms with Gasteiger partial charge >= 0.3 is 0 Å². The van der Waals surface area contributed by atoms with Gasteiger partial charge in [-0.05, 0) is 19.3 Å². The predicted octanol–water partition coefficient (Wildman–Crippen LogP) is 1.18.